The summed E-state index contributed by atoms with van der Waals surface area (Å²) in [5.41, 5.74) is 8.07. The molecule has 0 amide bonds. The van der Waals surface area contributed by atoms with Gasteiger partial charge < -0.3 is 10.6 Å². The smallest absolute Gasteiger partial charge is 0.0347 e. The Morgan fingerprint density at radius 3 is 2.60 bits per heavy atom. The summed E-state index contributed by atoms with van der Waals surface area (Å²) in [5.74, 6) is 0. The van der Waals surface area contributed by atoms with Crippen molar-refractivity contribution in [3.05, 3.63) is 29.8 Å². The van der Waals surface area contributed by atoms with Crippen LogP contribution in [0.3, 0.4) is 0 Å². The van der Waals surface area contributed by atoms with Crippen LogP contribution in [0.4, 0.5) is 5.69 Å². The van der Waals surface area contributed by atoms with Gasteiger partial charge in [-0.1, -0.05) is 25.1 Å². The van der Waals surface area contributed by atoms with Crippen LogP contribution in [0.25, 0.3) is 0 Å². The minimum absolute atomic E-state index is 0.648. The Morgan fingerprint density at radius 2 is 2.00 bits per heavy atom. The second-order valence-corrected chi connectivity index (χ2v) is 4.19. The number of nitrogens with zero attached hydrogens (tertiary/aromatic N) is 1. The van der Waals surface area contributed by atoms with Gasteiger partial charge in [0.15, 0.2) is 0 Å². The van der Waals surface area contributed by atoms with Crippen LogP contribution in [0.2, 0.25) is 0 Å². The fourth-order valence-corrected chi connectivity index (χ4v) is 1.59. The fourth-order valence-electron chi connectivity index (χ4n) is 1.59. The maximum absolute atomic E-state index is 5.90. The lowest BCUT2D eigenvalue weighted by Crippen LogP contribution is -2.30. The third kappa shape index (κ3) is 3.56. The number of hydrogen-bond acceptors (Lipinski definition) is 2. The van der Waals surface area contributed by atoms with Gasteiger partial charge in [-0.3, -0.25) is 0 Å². The average molecular weight is 206 g/mol. The minimum Gasteiger partial charge on any atom is -0.399 e. The van der Waals surface area contributed by atoms with Gasteiger partial charge in [-0.2, -0.15) is 0 Å². The predicted octanol–water partition coefficient (Wildman–Crippen LogP) is 2.54. The van der Waals surface area contributed by atoms with E-state index < -0.39 is 0 Å². The minimum atomic E-state index is 0.648. The predicted molar refractivity (Wildman–Crippen MR) is 66.9 cm³/mol. The lowest BCUT2D eigenvalue weighted by Gasteiger charge is -2.23. The number of rotatable bonds is 5. The molecule has 0 aliphatic rings. The Labute approximate surface area is 93.1 Å². The molecule has 0 bridgehead atoms. The van der Waals surface area contributed by atoms with E-state index in [0.717, 1.165) is 18.7 Å². The molecule has 2 nitrogen and oxygen atoms in total. The highest BCUT2D eigenvalue weighted by molar-refractivity contribution is 5.46. The maximum atomic E-state index is 5.90. The van der Waals surface area contributed by atoms with E-state index in [-0.39, 0.29) is 0 Å². The third-order valence-corrected chi connectivity index (χ3v) is 3.13. The van der Waals surface area contributed by atoms with Gasteiger partial charge in [-0.25, -0.2) is 0 Å². The molecule has 2 N–H and O–H groups in total. The summed E-state index contributed by atoms with van der Waals surface area (Å²) in [6, 6.07) is 8.76. The molecule has 0 fully saturated rings. The molecule has 1 unspecified atom stereocenters. The van der Waals surface area contributed by atoms with Crippen molar-refractivity contribution in [2.75, 3.05) is 19.3 Å². The monoisotopic (exact) mass is 206 g/mol. The number of benzene rings is 1. The average Bonchev–Trinajstić information content (AvgIpc) is 2.26. The van der Waals surface area contributed by atoms with Crippen LogP contribution in [-0.2, 0) is 6.42 Å². The van der Waals surface area contributed by atoms with Gasteiger partial charge in [0.2, 0.25) is 0 Å². The van der Waals surface area contributed by atoms with E-state index in [4.69, 9.17) is 5.73 Å². The zero-order valence-corrected chi connectivity index (χ0v) is 10.0. The summed E-state index contributed by atoms with van der Waals surface area (Å²) < 4.78 is 0. The molecular weight excluding hydrogens is 184 g/mol. The topological polar surface area (TPSA) is 29.3 Å². The van der Waals surface area contributed by atoms with Crippen molar-refractivity contribution in [1.82, 2.24) is 4.90 Å². The molecule has 0 radical (unpaired) electrons. The van der Waals surface area contributed by atoms with Crippen molar-refractivity contribution >= 4 is 5.69 Å². The number of anilines is 1. The molecule has 0 heterocycles. The van der Waals surface area contributed by atoms with Gasteiger partial charge in [0, 0.05) is 18.3 Å². The third-order valence-electron chi connectivity index (χ3n) is 3.13. The summed E-state index contributed by atoms with van der Waals surface area (Å²) in [5, 5.41) is 0. The standard InChI is InChI=1S/C13H22N2/c1-4-11(2)15(3)10-9-12-7-5-6-8-13(12)14/h5-8,11H,4,9-10,14H2,1-3H3. The first-order valence-electron chi connectivity index (χ1n) is 5.68. The SMILES string of the molecule is CCC(C)N(C)CCc1ccccc1N. The molecule has 0 saturated heterocycles. The molecule has 0 aromatic heterocycles. The highest BCUT2D eigenvalue weighted by Crippen LogP contribution is 2.12. The van der Waals surface area contributed by atoms with Crippen LogP contribution >= 0.6 is 0 Å². The van der Waals surface area contributed by atoms with Crippen LogP contribution in [0.5, 0.6) is 0 Å². The van der Waals surface area contributed by atoms with E-state index in [2.05, 4.69) is 37.9 Å². The Morgan fingerprint density at radius 1 is 1.33 bits per heavy atom. The van der Waals surface area contributed by atoms with Crippen LogP contribution in [0.15, 0.2) is 24.3 Å². The van der Waals surface area contributed by atoms with Crippen molar-refractivity contribution in [2.24, 2.45) is 0 Å². The molecule has 0 aliphatic heterocycles. The number of nitrogens with two attached hydrogens (primary N) is 1. The van der Waals surface area contributed by atoms with Crippen molar-refractivity contribution in [3.8, 4) is 0 Å². The van der Waals surface area contributed by atoms with E-state index in [1.54, 1.807) is 0 Å². The van der Waals surface area contributed by atoms with Crippen LogP contribution in [-0.4, -0.2) is 24.5 Å². The van der Waals surface area contributed by atoms with Gasteiger partial charge in [0.1, 0.15) is 0 Å². The molecule has 1 aromatic carbocycles. The second-order valence-electron chi connectivity index (χ2n) is 4.19. The molecule has 0 spiro atoms. The van der Waals surface area contributed by atoms with Crippen LogP contribution in [0, 0.1) is 0 Å². The summed E-state index contributed by atoms with van der Waals surface area (Å²) in [7, 11) is 2.17. The first-order valence-corrected chi connectivity index (χ1v) is 5.68. The molecule has 0 aliphatic carbocycles. The molecule has 1 aromatic rings. The van der Waals surface area contributed by atoms with Crippen molar-refractivity contribution in [3.63, 3.8) is 0 Å². The van der Waals surface area contributed by atoms with Crippen molar-refractivity contribution < 1.29 is 0 Å². The maximum Gasteiger partial charge on any atom is 0.0347 e. The number of para-hydroxylation sites is 1. The second kappa shape index (κ2) is 5.76. The molecule has 1 atom stereocenters. The quantitative estimate of drug-likeness (QED) is 0.750. The first kappa shape index (κ1) is 12.1. The highest BCUT2D eigenvalue weighted by atomic mass is 15.1. The highest BCUT2D eigenvalue weighted by Gasteiger charge is 2.06. The van der Waals surface area contributed by atoms with Crippen molar-refractivity contribution in [1.29, 1.82) is 0 Å². The van der Waals surface area contributed by atoms with E-state index >= 15 is 0 Å². The first-order chi connectivity index (χ1) is 7.15. The largest absolute Gasteiger partial charge is 0.399 e. The Hall–Kier alpha value is -1.02. The van der Waals surface area contributed by atoms with Crippen LogP contribution < -0.4 is 5.73 Å². The molecule has 1 rings (SSSR count). The molecule has 0 saturated carbocycles. The molecule has 2 heteroatoms. The van der Waals surface area contributed by atoms with Crippen molar-refractivity contribution in [2.45, 2.75) is 32.7 Å². The van der Waals surface area contributed by atoms with Gasteiger partial charge in [0.05, 0.1) is 0 Å². The van der Waals surface area contributed by atoms with E-state index in [9.17, 15) is 0 Å². The lowest BCUT2D eigenvalue weighted by atomic mass is 10.1. The normalized spacial score (nSPS) is 13.1. The van der Waals surface area contributed by atoms with E-state index in [1.165, 1.54) is 12.0 Å². The van der Waals surface area contributed by atoms with Crippen LogP contribution in [0.1, 0.15) is 25.8 Å². The zero-order valence-electron chi connectivity index (χ0n) is 10.0. The summed E-state index contributed by atoms with van der Waals surface area (Å²) >= 11 is 0. The van der Waals surface area contributed by atoms with E-state index in [0.29, 0.717) is 6.04 Å². The number of hydrogen-bond donors (Lipinski definition) is 1. The number of nitrogen functional groups attached to an aromatic ring is 1. The Bertz CT molecular complexity index is 296. The van der Waals surface area contributed by atoms with Gasteiger partial charge in [-0.05, 0) is 38.4 Å². The van der Waals surface area contributed by atoms with E-state index in [1.807, 2.05) is 12.1 Å². The Kier molecular flexibility index (Phi) is 4.63. The summed E-state index contributed by atoms with van der Waals surface area (Å²) in [4.78, 5) is 2.38. The number of likely N-dealkylation sites (N-methyl/N-ethyl adjacent to an activating group) is 1. The van der Waals surface area contributed by atoms with Gasteiger partial charge in [-0.15, -0.1) is 0 Å². The fraction of sp³-hybridized carbons (Fsp3) is 0.538. The molecule has 84 valence electrons. The Balaban J connectivity index is 2.47. The molecule has 15 heavy (non-hydrogen) atoms. The summed E-state index contributed by atoms with van der Waals surface area (Å²) in [6.07, 6.45) is 2.23. The van der Waals surface area contributed by atoms with Gasteiger partial charge >= 0.3 is 0 Å². The lowest BCUT2D eigenvalue weighted by molar-refractivity contribution is 0.255. The summed E-state index contributed by atoms with van der Waals surface area (Å²) in [6.45, 7) is 5.55. The van der Waals surface area contributed by atoms with Gasteiger partial charge in [0.25, 0.3) is 0 Å². The zero-order chi connectivity index (χ0) is 11.3. The molecular formula is C13H22N2.